The average Bonchev–Trinajstić information content (AvgIpc) is 2.87. The molecule has 0 saturated heterocycles. The normalized spacial score (nSPS) is 9.89. The van der Waals surface area contributed by atoms with Crippen molar-refractivity contribution in [2.45, 2.75) is 6.54 Å². The highest BCUT2D eigenvalue weighted by molar-refractivity contribution is 5.88. The van der Waals surface area contributed by atoms with Gasteiger partial charge in [0.15, 0.2) is 0 Å². The van der Waals surface area contributed by atoms with Crippen LogP contribution in [0, 0.1) is 11.3 Å². The van der Waals surface area contributed by atoms with E-state index in [1.165, 1.54) is 12.3 Å². The Hall–Kier alpha value is -2.74. The highest BCUT2D eigenvalue weighted by Crippen LogP contribution is 2.19. The van der Waals surface area contributed by atoms with Gasteiger partial charge in [0.1, 0.15) is 11.3 Å². The van der Waals surface area contributed by atoms with Gasteiger partial charge in [-0.1, -0.05) is 6.07 Å². The SMILES string of the molecule is CN(Cc1occc1C(=O)O)c1cccc(C#N)c1. The van der Waals surface area contributed by atoms with Gasteiger partial charge in [-0.15, -0.1) is 0 Å². The minimum Gasteiger partial charge on any atom is -0.478 e. The Morgan fingerprint density at radius 3 is 2.95 bits per heavy atom. The van der Waals surface area contributed by atoms with Crippen LogP contribution in [0.2, 0.25) is 0 Å². The maximum atomic E-state index is 11.0. The molecule has 2 aromatic rings. The minimum absolute atomic E-state index is 0.156. The highest BCUT2D eigenvalue weighted by atomic mass is 16.4. The molecule has 0 radical (unpaired) electrons. The van der Waals surface area contributed by atoms with E-state index in [4.69, 9.17) is 14.8 Å². The molecule has 1 aromatic heterocycles. The zero-order valence-corrected chi connectivity index (χ0v) is 10.3. The van der Waals surface area contributed by atoms with Crippen LogP contribution in [0.15, 0.2) is 41.0 Å². The van der Waals surface area contributed by atoms with Crippen molar-refractivity contribution in [1.29, 1.82) is 5.26 Å². The first-order valence-electron chi connectivity index (χ1n) is 5.63. The minimum atomic E-state index is -1.01. The van der Waals surface area contributed by atoms with Crippen LogP contribution in [-0.2, 0) is 6.54 Å². The maximum Gasteiger partial charge on any atom is 0.339 e. The number of nitrogens with zero attached hydrogens (tertiary/aromatic N) is 2. The molecule has 1 heterocycles. The number of furan rings is 1. The lowest BCUT2D eigenvalue weighted by Gasteiger charge is -2.18. The summed E-state index contributed by atoms with van der Waals surface area (Å²) < 4.78 is 5.19. The summed E-state index contributed by atoms with van der Waals surface area (Å²) in [7, 11) is 1.81. The Bertz CT molecular complexity index is 640. The topological polar surface area (TPSA) is 77.5 Å². The monoisotopic (exact) mass is 256 g/mol. The number of carboxylic acid groups (broad SMARTS) is 1. The Labute approximate surface area is 110 Å². The number of carbonyl (C=O) groups is 1. The van der Waals surface area contributed by atoms with Crippen molar-refractivity contribution in [1.82, 2.24) is 0 Å². The van der Waals surface area contributed by atoms with Gasteiger partial charge < -0.3 is 14.4 Å². The van der Waals surface area contributed by atoms with Gasteiger partial charge in [0.2, 0.25) is 0 Å². The molecule has 0 bridgehead atoms. The number of benzene rings is 1. The van der Waals surface area contributed by atoms with Crippen LogP contribution < -0.4 is 4.90 Å². The number of carboxylic acids is 1. The van der Waals surface area contributed by atoms with Crippen LogP contribution in [-0.4, -0.2) is 18.1 Å². The van der Waals surface area contributed by atoms with Gasteiger partial charge in [-0.3, -0.25) is 0 Å². The van der Waals surface area contributed by atoms with Crippen LogP contribution in [0.4, 0.5) is 5.69 Å². The van der Waals surface area contributed by atoms with Gasteiger partial charge in [-0.05, 0) is 24.3 Å². The van der Waals surface area contributed by atoms with Gasteiger partial charge in [0.25, 0.3) is 0 Å². The first-order valence-corrected chi connectivity index (χ1v) is 5.63. The third kappa shape index (κ3) is 2.75. The Morgan fingerprint density at radius 2 is 2.26 bits per heavy atom. The second kappa shape index (κ2) is 5.27. The number of aromatic carboxylic acids is 1. The molecule has 5 heteroatoms. The van der Waals surface area contributed by atoms with E-state index >= 15 is 0 Å². The third-order valence-electron chi connectivity index (χ3n) is 2.77. The molecule has 1 aromatic carbocycles. The van der Waals surface area contributed by atoms with Gasteiger partial charge in [0.05, 0.1) is 24.4 Å². The van der Waals surface area contributed by atoms with Crippen LogP contribution in [0.25, 0.3) is 0 Å². The smallest absolute Gasteiger partial charge is 0.339 e. The maximum absolute atomic E-state index is 11.0. The average molecular weight is 256 g/mol. The van der Waals surface area contributed by atoms with Crippen molar-refractivity contribution in [3.05, 3.63) is 53.5 Å². The fourth-order valence-electron chi connectivity index (χ4n) is 1.77. The van der Waals surface area contributed by atoms with E-state index in [0.717, 1.165) is 5.69 Å². The quantitative estimate of drug-likeness (QED) is 0.909. The first-order chi connectivity index (χ1) is 9.11. The van der Waals surface area contributed by atoms with E-state index < -0.39 is 5.97 Å². The van der Waals surface area contributed by atoms with Crippen molar-refractivity contribution in [3.8, 4) is 6.07 Å². The number of anilines is 1. The van der Waals surface area contributed by atoms with E-state index in [9.17, 15) is 4.79 Å². The van der Waals surface area contributed by atoms with Crippen molar-refractivity contribution >= 4 is 11.7 Å². The zero-order valence-electron chi connectivity index (χ0n) is 10.3. The molecule has 0 saturated carbocycles. The lowest BCUT2D eigenvalue weighted by Crippen LogP contribution is -2.17. The first kappa shape index (κ1) is 12.7. The molecule has 2 rings (SSSR count). The largest absolute Gasteiger partial charge is 0.478 e. The second-order valence-corrected chi connectivity index (χ2v) is 4.08. The molecule has 5 nitrogen and oxygen atoms in total. The van der Waals surface area contributed by atoms with Crippen molar-refractivity contribution < 1.29 is 14.3 Å². The lowest BCUT2D eigenvalue weighted by atomic mass is 10.2. The molecular formula is C14H12N2O3. The fourth-order valence-corrected chi connectivity index (χ4v) is 1.77. The van der Waals surface area contributed by atoms with Crippen LogP contribution in [0.1, 0.15) is 21.7 Å². The molecule has 0 aliphatic heterocycles. The predicted molar refractivity (Wildman–Crippen MR) is 68.9 cm³/mol. The lowest BCUT2D eigenvalue weighted by molar-refractivity contribution is 0.0694. The van der Waals surface area contributed by atoms with Gasteiger partial charge in [-0.25, -0.2) is 4.79 Å². The van der Waals surface area contributed by atoms with E-state index in [-0.39, 0.29) is 5.56 Å². The van der Waals surface area contributed by atoms with E-state index in [1.54, 1.807) is 18.2 Å². The summed E-state index contributed by atoms with van der Waals surface area (Å²) >= 11 is 0. The van der Waals surface area contributed by atoms with Gasteiger partial charge in [-0.2, -0.15) is 5.26 Å². The van der Waals surface area contributed by atoms with E-state index in [0.29, 0.717) is 17.9 Å². The molecule has 96 valence electrons. The molecule has 19 heavy (non-hydrogen) atoms. The molecule has 0 unspecified atom stereocenters. The molecule has 0 aliphatic carbocycles. The summed E-state index contributed by atoms with van der Waals surface area (Å²) in [5.74, 6) is -0.625. The number of nitriles is 1. The summed E-state index contributed by atoms with van der Waals surface area (Å²) in [6.45, 7) is 0.323. The molecule has 0 spiro atoms. The summed E-state index contributed by atoms with van der Waals surface area (Å²) in [6, 6.07) is 10.6. The predicted octanol–water partition coefficient (Wildman–Crippen LogP) is 2.49. The standard InChI is InChI=1S/C14H12N2O3/c1-16(11-4-2-3-10(7-11)8-15)9-13-12(14(17)18)5-6-19-13/h2-7H,9H2,1H3,(H,17,18). The Morgan fingerprint density at radius 1 is 1.47 bits per heavy atom. The van der Waals surface area contributed by atoms with Gasteiger partial charge in [0, 0.05) is 12.7 Å². The number of hydrogen-bond acceptors (Lipinski definition) is 4. The van der Waals surface area contributed by atoms with E-state index in [2.05, 4.69) is 6.07 Å². The van der Waals surface area contributed by atoms with Crippen LogP contribution >= 0.6 is 0 Å². The third-order valence-corrected chi connectivity index (χ3v) is 2.77. The summed E-state index contributed by atoms with van der Waals surface area (Å²) in [4.78, 5) is 12.8. The second-order valence-electron chi connectivity index (χ2n) is 4.08. The summed E-state index contributed by atoms with van der Waals surface area (Å²) in [5.41, 5.74) is 1.54. The molecule has 0 aliphatic rings. The molecule has 0 amide bonds. The number of hydrogen-bond donors (Lipinski definition) is 1. The molecule has 1 N–H and O–H groups in total. The molecular weight excluding hydrogens is 244 g/mol. The summed E-state index contributed by atoms with van der Waals surface area (Å²) in [6.07, 6.45) is 1.36. The Kier molecular flexibility index (Phi) is 3.53. The number of rotatable bonds is 4. The van der Waals surface area contributed by atoms with E-state index in [1.807, 2.05) is 18.0 Å². The molecule has 0 fully saturated rings. The highest BCUT2D eigenvalue weighted by Gasteiger charge is 2.15. The van der Waals surface area contributed by atoms with Crippen molar-refractivity contribution in [2.24, 2.45) is 0 Å². The Balaban J connectivity index is 2.21. The fraction of sp³-hybridized carbons (Fsp3) is 0.143. The zero-order chi connectivity index (χ0) is 13.8. The molecule has 0 atom stereocenters. The van der Waals surface area contributed by atoms with Gasteiger partial charge >= 0.3 is 5.97 Å². The van der Waals surface area contributed by atoms with Crippen LogP contribution in [0.3, 0.4) is 0 Å². The van der Waals surface area contributed by atoms with Crippen molar-refractivity contribution in [3.63, 3.8) is 0 Å². The van der Waals surface area contributed by atoms with Crippen molar-refractivity contribution in [2.75, 3.05) is 11.9 Å². The summed E-state index contributed by atoms with van der Waals surface area (Å²) in [5, 5.41) is 17.9. The van der Waals surface area contributed by atoms with Crippen LogP contribution in [0.5, 0.6) is 0 Å².